The average Bonchev–Trinajstić information content (AvgIpc) is 2.54. The quantitative estimate of drug-likeness (QED) is 0.929. The Balaban J connectivity index is 1.66. The first kappa shape index (κ1) is 16.3. The van der Waals surface area contributed by atoms with Gasteiger partial charge in [0.25, 0.3) is 0 Å². The van der Waals surface area contributed by atoms with Gasteiger partial charge in [-0.25, -0.2) is 0 Å². The number of methoxy groups -OCH3 is 1. The van der Waals surface area contributed by atoms with E-state index in [1.54, 1.807) is 7.11 Å². The molecule has 2 atom stereocenters. The summed E-state index contributed by atoms with van der Waals surface area (Å²) in [4.78, 5) is 14.7. The number of nitrogens with zero attached hydrogens (tertiary/aromatic N) is 1. The van der Waals surface area contributed by atoms with Crippen molar-refractivity contribution in [3.8, 4) is 5.75 Å². The molecule has 0 radical (unpaired) electrons. The second-order valence-corrected chi connectivity index (χ2v) is 7.20. The highest BCUT2D eigenvalue weighted by atomic mass is 16.5. The van der Waals surface area contributed by atoms with E-state index in [0.717, 1.165) is 24.2 Å². The molecule has 0 heterocycles. The van der Waals surface area contributed by atoms with E-state index in [1.807, 2.05) is 36.2 Å². The van der Waals surface area contributed by atoms with E-state index in [4.69, 9.17) is 10.5 Å². The van der Waals surface area contributed by atoms with Gasteiger partial charge in [0.1, 0.15) is 5.75 Å². The highest BCUT2D eigenvalue weighted by Crippen LogP contribution is 2.42. The first-order valence-electron chi connectivity index (χ1n) is 8.72. The number of nitrogens with two attached hydrogens (primary N) is 1. The van der Waals surface area contributed by atoms with Crippen molar-refractivity contribution in [2.24, 2.45) is 23.5 Å². The fourth-order valence-electron chi connectivity index (χ4n) is 4.47. The van der Waals surface area contributed by atoms with Gasteiger partial charge in [0.2, 0.25) is 5.91 Å². The van der Waals surface area contributed by atoms with Gasteiger partial charge in [0, 0.05) is 31.1 Å². The third-order valence-electron chi connectivity index (χ3n) is 5.74. The van der Waals surface area contributed by atoms with Crippen molar-refractivity contribution in [1.82, 2.24) is 4.90 Å². The first-order chi connectivity index (χ1) is 11.1. The van der Waals surface area contributed by atoms with Gasteiger partial charge in [0.15, 0.2) is 0 Å². The summed E-state index contributed by atoms with van der Waals surface area (Å²) in [5.41, 5.74) is 7.40. The molecule has 2 fully saturated rings. The molecule has 0 saturated heterocycles. The predicted octanol–water partition coefficient (Wildman–Crippen LogP) is 2.81. The largest absolute Gasteiger partial charge is 0.496 e. The van der Waals surface area contributed by atoms with Crippen molar-refractivity contribution in [3.63, 3.8) is 0 Å². The van der Waals surface area contributed by atoms with Crippen LogP contribution in [0.25, 0.3) is 0 Å². The summed E-state index contributed by atoms with van der Waals surface area (Å²) in [6.07, 6.45) is 5.59. The van der Waals surface area contributed by atoms with Crippen LogP contribution in [-0.4, -0.2) is 31.0 Å². The molecule has 1 aromatic carbocycles. The van der Waals surface area contributed by atoms with E-state index in [0.29, 0.717) is 24.4 Å². The number of ether oxygens (including phenoxy) is 1. The van der Waals surface area contributed by atoms with Crippen LogP contribution in [0.15, 0.2) is 24.3 Å². The van der Waals surface area contributed by atoms with E-state index in [1.165, 1.54) is 19.3 Å². The maximum atomic E-state index is 12.9. The molecule has 0 spiro atoms. The molecule has 126 valence electrons. The summed E-state index contributed by atoms with van der Waals surface area (Å²) < 4.78 is 5.39. The van der Waals surface area contributed by atoms with Crippen LogP contribution in [0.2, 0.25) is 0 Å². The summed E-state index contributed by atoms with van der Waals surface area (Å²) in [5.74, 6) is 2.33. The number of rotatable bonds is 4. The molecular formula is C19H28N2O2. The Labute approximate surface area is 139 Å². The van der Waals surface area contributed by atoms with Crippen LogP contribution < -0.4 is 10.5 Å². The smallest absolute Gasteiger partial charge is 0.225 e. The molecule has 23 heavy (non-hydrogen) atoms. The average molecular weight is 316 g/mol. The van der Waals surface area contributed by atoms with E-state index in [9.17, 15) is 4.79 Å². The summed E-state index contributed by atoms with van der Waals surface area (Å²) >= 11 is 0. The molecule has 2 unspecified atom stereocenters. The Morgan fingerprint density at radius 2 is 1.91 bits per heavy atom. The number of benzene rings is 1. The number of hydrogen-bond acceptors (Lipinski definition) is 3. The van der Waals surface area contributed by atoms with Crippen LogP contribution in [0.4, 0.5) is 0 Å². The molecule has 1 aromatic rings. The van der Waals surface area contributed by atoms with Crippen LogP contribution in [0.1, 0.15) is 37.7 Å². The Morgan fingerprint density at radius 3 is 2.57 bits per heavy atom. The number of para-hydroxylation sites is 1. The molecule has 1 amide bonds. The Kier molecular flexibility index (Phi) is 4.90. The van der Waals surface area contributed by atoms with Gasteiger partial charge in [-0.3, -0.25) is 4.79 Å². The fourth-order valence-corrected chi connectivity index (χ4v) is 4.47. The second-order valence-electron chi connectivity index (χ2n) is 7.20. The lowest BCUT2D eigenvalue weighted by atomic mass is 9.65. The summed E-state index contributed by atoms with van der Waals surface area (Å²) in [6, 6.07) is 8.21. The third-order valence-corrected chi connectivity index (χ3v) is 5.74. The molecule has 2 saturated carbocycles. The summed E-state index contributed by atoms with van der Waals surface area (Å²) in [6.45, 7) is 0.598. The Bertz CT molecular complexity index is 546. The molecule has 2 aliphatic rings. The van der Waals surface area contributed by atoms with Gasteiger partial charge >= 0.3 is 0 Å². The topological polar surface area (TPSA) is 55.6 Å². The highest BCUT2D eigenvalue weighted by molar-refractivity contribution is 5.78. The van der Waals surface area contributed by atoms with Crippen LogP contribution >= 0.6 is 0 Å². The lowest BCUT2D eigenvalue weighted by Gasteiger charge is -2.44. The van der Waals surface area contributed by atoms with Gasteiger partial charge in [-0.2, -0.15) is 0 Å². The molecular weight excluding hydrogens is 288 g/mol. The van der Waals surface area contributed by atoms with Crippen molar-refractivity contribution < 1.29 is 9.53 Å². The minimum Gasteiger partial charge on any atom is -0.496 e. The zero-order valence-corrected chi connectivity index (χ0v) is 14.2. The van der Waals surface area contributed by atoms with E-state index >= 15 is 0 Å². The van der Waals surface area contributed by atoms with Crippen molar-refractivity contribution in [1.29, 1.82) is 0 Å². The molecule has 3 rings (SSSR count). The molecule has 0 aliphatic heterocycles. The number of carbonyl (C=O) groups is 1. The van der Waals surface area contributed by atoms with Crippen molar-refractivity contribution in [2.75, 3.05) is 14.2 Å². The van der Waals surface area contributed by atoms with Gasteiger partial charge in [-0.15, -0.1) is 0 Å². The van der Waals surface area contributed by atoms with Crippen LogP contribution in [0.5, 0.6) is 5.75 Å². The lowest BCUT2D eigenvalue weighted by Crippen LogP contribution is -2.49. The zero-order valence-electron chi connectivity index (χ0n) is 14.2. The maximum absolute atomic E-state index is 12.9. The monoisotopic (exact) mass is 316 g/mol. The standard InChI is InChI=1S/C19H28N2O2/c1-21(12-15-6-3-4-9-17(15)23-2)19(22)16-10-13-7-5-8-14(11-16)18(13)20/h3-4,6,9,13-14,16,18H,5,7-8,10-12,20H2,1-2H3. The molecule has 0 aromatic heterocycles. The first-order valence-corrected chi connectivity index (χ1v) is 8.72. The number of hydrogen-bond donors (Lipinski definition) is 1. The number of carbonyl (C=O) groups excluding carboxylic acids is 1. The molecule has 2 N–H and O–H groups in total. The van der Waals surface area contributed by atoms with Crippen LogP contribution in [0.3, 0.4) is 0 Å². The maximum Gasteiger partial charge on any atom is 0.225 e. The molecule has 2 bridgehead atoms. The van der Waals surface area contributed by atoms with Crippen molar-refractivity contribution in [2.45, 2.75) is 44.7 Å². The van der Waals surface area contributed by atoms with Gasteiger partial charge in [-0.05, 0) is 43.6 Å². The van der Waals surface area contributed by atoms with Crippen LogP contribution in [0, 0.1) is 17.8 Å². The number of fused-ring (bicyclic) bond motifs is 2. The van der Waals surface area contributed by atoms with Gasteiger partial charge < -0.3 is 15.4 Å². The highest BCUT2D eigenvalue weighted by Gasteiger charge is 2.41. The SMILES string of the molecule is COc1ccccc1CN(C)C(=O)C1CC2CCCC(C1)C2N. The van der Waals surface area contributed by atoms with Crippen molar-refractivity contribution in [3.05, 3.63) is 29.8 Å². The minimum atomic E-state index is 0.143. The summed E-state index contributed by atoms with van der Waals surface area (Å²) in [5, 5.41) is 0. The molecule has 4 nitrogen and oxygen atoms in total. The van der Waals surface area contributed by atoms with E-state index in [2.05, 4.69) is 0 Å². The Hall–Kier alpha value is -1.55. The summed E-state index contributed by atoms with van der Waals surface area (Å²) in [7, 11) is 3.57. The zero-order chi connectivity index (χ0) is 16.4. The minimum absolute atomic E-state index is 0.143. The predicted molar refractivity (Wildman–Crippen MR) is 91.0 cm³/mol. The van der Waals surface area contributed by atoms with Gasteiger partial charge in [0.05, 0.1) is 7.11 Å². The molecule has 2 aliphatic carbocycles. The second kappa shape index (κ2) is 6.91. The fraction of sp³-hybridized carbons (Fsp3) is 0.632. The normalized spacial score (nSPS) is 29.9. The molecule has 4 heteroatoms. The lowest BCUT2D eigenvalue weighted by molar-refractivity contribution is -0.137. The van der Waals surface area contributed by atoms with Crippen LogP contribution in [-0.2, 0) is 11.3 Å². The Morgan fingerprint density at radius 1 is 1.26 bits per heavy atom. The van der Waals surface area contributed by atoms with E-state index < -0.39 is 0 Å². The third kappa shape index (κ3) is 3.37. The van der Waals surface area contributed by atoms with E-state index in [-0.39, 0.29) is 11.8 Å². The van der Waals surface area contributed by atoms with Gasteiger partial charge in [-0.1, -0.05) is 24.6 Å². The van der Waals surface area contributed by atoms with Crippen molar-refractivity contribution >= 4 is 5.91 Å². The number of amides is 1.